The van der Waals surface area contributed by atoms with Crippen molar-refractivity contribution in [1.82, 2.24) is 13.9 Å². The lowest BCUT2D eigenvalue weighted by molar-refractivity contribution is -0.133. The highest BCUT2D eigenvalue weighted by atomic mass is 32.2. The molecule has 2 heterocycles. The number of hydrogen-bond donors (Lipinski definition) is 1. The van der Waals surface area contributed by atoms with E-state index in [0.29, 0.717) is 44.8 Å². The van der Waals surface area contributed by atoms with Crippen LogP contribution in [0.3, 0.4) is 0 Å². The number of carbonyl (C=O) groups is 1. The van der Waals surface area contributed by atoms with Crippen LogP contribution in [-0.2, 0) is 15.0 Å². The molecule has 6 nitrogen and oxygen atoms in total. The molecule has 23 heavy (non-hydrogen) atoms. The fourth-order valence-corrected chi connectivity index (χ4v) is 5.17. The van der Waals surface area contributed by atoms with Gasteiger partial charge in [0.15, 0.2) is 0 Å². The van der Waals surface area contributed by atoms with Gasteiger partial charge in [0.1, 0.15) is 0 Å². The van der Waals surface area contributed by atoms with Crippen molar-refractivity contribution in [3.8, 4) is 0 Å². The predicted octanol–water partition coefficient (Wildman–Crippen LogP) is 1.73. The largest absolute Gasteiger partial charge is 0.343 e. The van der Waals surface area contributed by atoms with Crippen LogP contribution in [0.15, 0.2) is 0 Å². The van der Waals surface area contributed by atoms with Gasteiger partial charge in [-0.25, -0.2) is 0 Å². The number of nitrogens with zero attached hydrogens (tertiary/aromatic N) is 2. The Morgan fingerprint density at radius 2 is 1.78 bits per heavy atom. The monoisotopic (exact) mass is 345 g/mol. The van der Waals surface area contributed by atoms with Gasteiger partial charge in [0, 0.05) is 38.1 Å². The van der Waals surface area contributed by atoms with Crippen molar-refractivity contribution in [1.29, 1.82) is 0 Å². The topological polar surface area (TPSA) is 69.7 Å². The minimum Gasteiger partial charge on any atom is -0.343 e. The molecule has 1 amide bonds. The lowest BCUT2D eigenvalue weighted by Crippen LogP contribution is -2.53. The van der Waals surface area contributed by atoms with E-state index in [9.17, 15) is 13.2 Å². The zero-order chi connectivity index (χ0) is 17.0. The molecule has 2 rings (SSSR count). The Hall–Kier alpha value is -0.660. The van der Waals surface area contributed by atoms with Gasteiger partial charge in [0.2, 0.25) is 5.91 Å². The highest BCUT2D eigenvalue weighted by Gasteiger charge is 2.32. The zero-order valence-corrected chi connectivity index (χ0v) is 15.4. The average molecular weight is 346 g/mol. The first-order valence-electron chi connectivity index (χ1n) is 8.86. The SMILES string of the molecule is CC(C)CC(=O)N1CCC(NS(=O)(=O)N2CCCCC2C)CC1. The van der Waals surface area contributed by atoms with Crippen LogP contribution in [0, 0.1) is 5.92 Å². The van der Waals surface area contributed by atoms with E-state index in [1.165, 1.54) is 0 Å². The molecule has 0 aromatic heterocycles. The van der Waals surface area contributed by atoms with Gasteiger partial charge in [0.25, 0.3) is 10.2 Å². The summed E-state index contributed by atoms with van der Waals surface area (Å²) in [4.78, 5) is 13.9. The van der Waals surface area contributed by atoms with E-state index in [2.05, 4.69) is 4.72 Å². The maximum atomic E-state index is 12.6. The molecule has 134 valence electrons. The molecular formula is C16H31N3O3S. The van der Waals surface area contributed by atoms with Crippen molar-refractivity contribution < 1.29 is 13.2 Å². The third-order valence-electron chi connectivity index (χ3n) is 4.80. The molecule has 2 fully saturated rings. The zero-order valence-electron chi connectivity index (χ0n) is 14.6. The van der Waals surface area contributed by atoms with E-state index in [-0.39, 0.29) is 18.0 Å². The second kappa shape index (κ2) is 7.94. The van der Waals surface area contributed by atoms with E-state index in [1.807, 2.05) is 25.7 Å². The van der Waals surface area contributed by atoms with Gasteiger partial charge in [0.05, 0.1) is 0 Å². The molecule has 1 N–H and O–H groups in total. The Morgan fingerprint density at radius 1 is 1.13 bits per heavy atom. The van der Waals surface area contributed by atoms with Gasteiger partial charge in [-0.2, -0.15) is 17.4 Å². The molecule has 7 heteroatoms. The minimum atomic E-state index is -3.41. The number of carbonyl (C=O) groups excluding carboxylic acids is 1. The predicted molar refractivity (Wildman–Crippen MR) is 91.1 cm³/mol. The van der Waals surface area contributed by atoms with Crippen molar-refractivity contribution in [3.05, 3.63) is 0 Å². The van der Waals surface area contributed by atoms with Crippen LogP contribution in [0.4, 0.5) is 0 Å². The lowest BCUT2D eigenvalue weighted by atomic mass is 10.0. The summed E-state index contributed by atoms with van der Waals surface area (Å²) >= 11 is 0. The Morgan fingerprint density at radius 3 is 2.35 bits per heavy atom. The van der Waals surface area contributed by atoms with Crippen molar-refractivity contribution >= 4 is 16.1 Å². The summed E-state index contributed by atoms with van der Waals surface area (Å²) < 4.78 is 29.6. The van der Waals surface area contributed by atoms with Crippen LogP contribution < -0.4 is 4.72 Å². The number of likely N-dealkylation sites (tertiary alicyclic amines) is 1. The summed E-state index contributed by atoms with van der Waals surface area (Å²) in [6, 6.07) is 0.0196. The molecule has 1 unspecified atom stereocenters. The Bertz CT molecular complexity index is 499. The summed E-state index contributed by atoms with van der Waals surface area (Å²) in [5, 5.41) is 0. The molecular weight excluding hydrogens is 314 g/mol. The van der Waals surface area contributed by atoms with E-state index in [1.54, 1.807) is 4.31 Å². The van der Waals surface area contributed by atoms with Gasteiger partial charge in [-0.15, -0.1) is 0 Å². The maximum absolute atomic E-state index is 12.6. The highest BCUT2D eigenvalue weighted by Crippen LogP contribution is 2.21. The first-order valence-corrected chi connectivity index (χ1v) is 10.3. The maximum Gasteiger partial charge on any atom is 0.279 e. The molecule has 0 aromatic carbocycles. The van der Waals surface area contributed by atoms with E-state index in [0.717, 1.165) is 19.3 Å². The summed E-state index contributed by atoms with van der Waals surface area (Å²) in [7, 11) is -3.41. The van der Waals surface area contributed by atoms with Crippen LogP contribution in [0.25, 0.3) is 0 Å². The van der Waals surface area contributed by atoms with Crippen molar-refractivity contribution in [2.24, 2.45) is 5.92 Å². The lowest BCUT2D eigenvalue weighted by Gasteiger charge is -2.36. The average Bonchev–Trinajstić information content (AvgIpc) is 2.47. The molecule has 0 aromatic rings. The van der Waals surface area contributed by atoms with Gasteiger partial charge < -0.3 is 4.90 Å². The van der Waals surface area contributed by atoms with Crippen molar-refractivity contribution in [3.63, 3.8) is 0 Å². The van der Waals surface area contributed by atoms with E-state index in [4.69, 9.17) is 0 Å². The Balaban J connectivity index is 1.84. The van der Waals surface area contributed by atoms with Crippen LogP contribution in [-0.4, -0.2) is 55.2 Å². The van der Waals surface area contributed by atoms with Gasteiger partial charge in [-0.3, -0.25) is 4.79 Å². The number of hydrogen-bond acceptors (Lipinski definition) is 3. The Labute approximate surface area is 140 Å². The molecule has 0 spiro atoms. The molecule has 2 aliphatic rings. The summed E-state index contributed by atoms with van der Waals surface area (Å²) in [6.45, 7) is 7.97. The summed E-state index contributed by atoms with van der Waals surface area (Å²) in [6.07, 6.45) is 4.94. The molecule has 0 bridgehead atoms. The number of amides is 1. The van der Waals surface area contributed by atoms with Crippen molar-refractivity contribution in [2.75, 3.05) is 19.6 Å². The Kier molecular flexibility index (Phi) is 6.45. The standard InChI is InChI=1S/C16H31N3O3S/c1-13(2)12-16(20)18-10-7-15(8-11-18)17-23(21,22)19-9-5-4-6-14(19)3/h13-15,17H,4-12H2,1-3H3. The van der Waals surface area contributed by atoms with E-state index < -0.39 is 10.2 Å². The molecule has 0 aliphatic carbocycles. The molecule has 2 aliphatic heterocycles. The molecule has 0 saturated carbocycles. The first kappa shape index (κ1) is 18.7. The van der Waals surface area contributed by atoms with Crippen LogP contribution in [0.5, 0.6) is 0 Å². The fraction of sp³-hybridized carbons (Fsp3) is 0.938. The fourth-order valence-electron chi connectivity index (χ4n) is 3.43. The highest BCUT2D eigenvalue weighted by molar-refractivity contribution is 7.87. The smallest absolute Gasteiger partial charge is 0.279 e. The normalized spacial score (nSPS) is 25.0. The van der Waals surface area contributed by atoms with E-state index >= 15 is 0 Å². The third-order valence-corrected chi connectivity index (χ3v) is 6.59. The molecule has 1 atom stereocenters. The van der Waals surface area contributed by atoms with Gasteiger partial charge >= 0.3 is 0 Å². The van der Waals surface area contributed by atoms with Crippen LogP contribution in [0.2, 0.25) is 0 Å². The second-order valence-electron chi connectivity index (χ2n) is 7.33. The number of rotatable bonds is 5. The molecule has 0 radical (unpaired) electrons. The summed E-state index contributed by atoms with van der Waals surface area (Å²) in [5.74, 6) is 0.547. The van der Waals surface area contributed by atoms with Gasteiger partial charge in [-0.1, -0.05) is 20.3 Å². The number of nitrogens with one attached hydrogen (secondary N) is 1. The third kappa shape index (κ3) is 5.16. The summed E-state index contributed by atoms with van der Waals surface area (Å²) in [5.41, 5.74) is 0. The molecule has 2 saturated heterocycles. The van der Waals surface area contributed by atoms with Gasteiger partial charge in [-0.05, 0) is 38.5 Å². The minimum absolute atomic E-state index is 0.0581. The number of piperidine rings is 2. The van der Waals surface area contributed by atoms with Crippen molar-refractivity contribution in [2.45, 2.75) is 71.4 Å². The van der Waals surface area contributed by atoms with Crippen LogP contribution in [0.1, 0.15) is 59.3 Å². The first-order chi connectivity index (χ1) is 10.8. The quantitative estimate of drug-likeness (QED) is 0.825. The van der Waals surface area contributed by atoms with Crippen LogP contribution >= 0.6 is 0 Å². The second-order valence-corrected chi connectivity index (χ2v) is 8.99.